The summed E-state index contributed by atoms with van der Waals surface area (Å²) in [5.41, 5.74) is 0.266. The predicted octanol–water partition coefficient (Wildman–Crippen LogP) is 2.54. The topological polar surface area (TPSA) is 89.5 Å². The Kier molecular flexibility index (Phi) is 5.58. The van der Waals surface area contributed by atoms with Gasteiger partial charge in [-0.25, -0.2) is 13.2 Å². The maximum Gasteiger partial charge on any atom is 0.339 e. The summed E-state index contributed by atoms with van der Waals surface area (Å²) >= 11 is 5.91. The number of carbonyl (C=O) groups is 2. The molecule has 126 valence electrons. The summed E-state index contributed by atoms with van der Waals surface area (Å²) in [6.45, 7) is -0.567. The van der Waals surface area contributed by atoms with E-state index >= 15 is 0 Å². The summed E-state index contributed by atoms with van der Waals surface area (Å²) in [4.78, 5) is 23.7. The van der Waals surface area contributed by atoms with Crippen LogP contribution in [0.25, 0.3) is 0 Å². The molecule has 1 N–H and O–H groups in total. The van der Waals surface area contributed by atoms with Gasteiger partial charge in [0.25, 0.3) is 5.91 Å². The molecule has 2 rings (SSSR count). The first-order valence-corrected chi connectivity index (χ1v) is 9.06. The van der Waals surface area contributed by atoms with E-state index in [0.717, 1.165) is 6.26 Å². The highest BCUT2D eigenvalue weighted by Gasteiger charge is 2.20. The summed E-state index contributed by atoms with van der Waals surface area (Å²) in [5.74, 6) is -1.49. The van der Waals surface area contributed by atoms with E-state index in [9.17, 15) is 18.0 Å². The Balaban J connectivity index is 2.04. The molecule has 1 amide bonds. The molecule has 0 saturated heterocycles. The average Bonchev–Trinajstić information content (AvgIpc) is 2.54. The molecule has 0 aliphatic heterocycles. The van der Waals surface area contributed by atoms with Gasteiger partial charge < -0.3 is 10.1 Å². The van der Waals surface area contributed by atoms with Crippen molar-refractivity contribution in [2.45, 2.75) is 4.90 Å². The molecule has 0 aromatic heterocycles. The van der Waals surface area contributed by atoms with Gasteiger partial charge in [-0.15, -0.1) is 0 Å². The van der Waals surface area contributed by atoms with Crippen LogP contribution in [0.1, 0.15) is 10.4 Å². The molecule has 0 aliphatic carbocycles. The molecule has 0 bridgehead atoms. The predicted molar refractivity (Wildman–Crippen MR) is 89.9 cm³/mol. The van der Waals surface area contributed by atoms with E-state index in [4.69, 9.17) is 16.3 Å². The minimum absolute atomic E-state index is 0.120. The number of halogens is 1. The molecule has 6 nitrogen and oxygen atoms in total. The van der Waals surface area contributed by atoms with Gasteiger partial charge in [0.2, 0.25) is 0 Å². The SMILES string of the molecule is CS(=O)(=O)c1ccccc1C(=O)OCC(=O)Nc1ccccc1Cl. The molecule has 8 heteroatoms. The summed E-state index contributed by atoms with van der Waals surface area (Å²) in [6, 6.07) is 12.2. The van der Waals surface area contributed by atoms with Crippen LogP contribution in [0.3, 0.4) is 0 Å². The van der Waals surface area contributed by atoms with Gasteiger partial charge in [-0.3, -0.25) is 4.79 Å². The van der Waals surface area contributed by atoms with Crippen molar-refractivity contribution >= 4 is 39.0 Å². The lowest BCUT2D eigenvalue weighted by molar-refractivity contribution is -0.119. The lowest BCUT2D eigenvalue weighted by Gasteiger charge is -2.09. The summed E-state index contributed by atoms with van der Waals surface area (Å²) in [7, 11) is -3.59. The molecule has 0 heterocycles. The number of carbonyl (C=O) groups excluding carboxylic acids is 2. The van der Waals surface area contributed by atoms with Gasteiger partial charge in [0.05, 0.1) is 21.2 Å². The van der Waals surface area contributed by atoms with Gasteiger partial charge in [0.1, 0.15) is 0 Å². The van der Waals surface area contributed by atoms with Crippen LogP contribution in [0.5, 0.6) is 0 Å². The normalized spacial score (nSPS) is 10.9. The molecule has 2 aromatic carbocycles. The van der Waals surface area contributed by atoms with Crippen molar-refractivity contribution in [1.82, 2.24) is 0 Å². The van der Waals surface area contributed by atoms with Gasteiger partial charge >= 0.3 is 5.97 Å². The number of nitrogens with one attached hydrogen (secondary N) is 1. The van der Waals surface area contributed by atoms with E-state index in [0.29, 0.717) is 10.7 Å². The quantitative estimate of drug-likeness (QED) is 0.820. The average molecular weight is 368 g/mol. The van der Waals surface area contributed by atoms with E-state index in [1.165, 1.54) is 24.3 Å². The number of anilines is 1. The number of hydrogen-bond acceptors (Lipinski definition) is 5. The molecular weight excluding hydrogens is 354 g/mol. The highest BCUT2D eigenvalue weighted by Crippen LogP contribution is 2.20. The van der Waals surface area contributed by atoms with Crippen molar-refractivity contribution in [3.05, 3.63) is 59.1 Å². The van der Waals surface area contributed by atoms with Crippen molar-refractivity contribution < 1.29 is 22.7 Å². The van der Waals surface area contributed by atoms with Crippen LogP contribution < -0.4 is 5.32 Å². The Morgan fingerprint density at radius 2 is 1.71 bits per heavy atom. The number of ether oxygens (including phenoxy) is 1. The Labute approximate surface area is 144 Å². The van der Waals surface area contributed by atoms with Crippen molar-refractivity contribution in [2.75, 3.05) is 18.2 Å². The Morgan fingerprint density at radius 1 is 1.08 bits per heavy atom. The molecular formula is C16H14ClNO5S. The number of para-hydroxylation sites is 1. The fourth-order valence-corrected chi connectivity index (χ4v) is 2.98. The number of benzene rings is 2. The fraction of sp³-hybridized carbons (Fsp3) is 0.125. The molecule has 0 atom stereocenters. The number of hydrogen-bond donors (Lipinski definition) is 1. The Hall–Kier alpha value is -2.38. The maximum absolute atomic E-state index is 12.0. The van der Waals surface area contributed by atoms with Gasteiger partial charge in [-0.1, -0.05) is 35.9 Å². The number of rotatable bonds is 5. The standard InChI is InChI=1S/C16H14ClNO5S/c1-24(21,22)14-9-5-2-6-11(14)16(20)23-10-15(19)18-13-8-4-3-7-12(13)17/h2-9H,10H2,1H3,(H,18,19). The Morgan fingerprint density at radius 3 is 2.38 bits per heavy atom. The monoisotopic (exact) mass is 367 g/mol. The smallest absolute Gasteiger partial charge is 0.339 e. The van der Waals surface area contributed by atoms with Crippen LogP contribution in [-0.2, 0) is 19.4 Å². The van der Waals surface area contributed by atoms with E-state index in [-0.39, 0.29) is 10.5 Å². The summed E-state index contributed by atoms with van der Waals surface area (Å²) in [5, 5.41) is 2.84. The third-order valence-corrected chi connectivity index (χ3v) is 4.47. The molecule has 0 radical (unpaired) electrons. The van der Waals surface area contributed by atoms with Crippen molar-refractivity contribution in [1.29, 1.82) is 0 Å². The second kappa shape index (κ2) is 7.46. The van der Waals surface area contributed by atoms with Crippen molar-refractivity contribution in [3.63, 3.8) is 0 Å². The minimum atomic E-state index is -3.59. The minimum Gasteiger partial charge on any atom is -0.452 e. The number of esters is 1. The van der Waals surface area contributed by atoms with E-state index in [2.05, 4.69) is 5.32 Å². The number of sulfone groups is 1. The van der Waals surface area contributed by atoms with Crippen molar-refractivity contribution in [2.24, 2.45) is 0 Å². The third kappa shape index (κ3) is 4.56. The zero-order valence-electron chi connectivity index (χ0n) is 12.7. The molecule has 0 aliphatic rings. The fourth-order valence-electron chi connectivity index (χ4n) is 1.92. The van der Waals surface area contributed by atoms with Crippen LogP contribution in [0.2, 0.25) is 5.02 Å². The summed E-state index contributed by atoms with van der Waals surface area (Å²) < 4.78 is 28.2. The molecule has 0 saturated carbocycles. The highest BCUT2D eigenvalue weighted by molar-refractivity contribution is 7.90. The first-order chi connectivity index (χ1) is 11.3. The van der Waals surface area contributed by atoms with Crippen LogP contribution in [0.4, 0.5) is 5.69 Å². The lowest BCUT2D eigenvalue weighted by atomic mass is 10.2. The first-order valence-electron chi connectivity index (χ1n) is 6.79. The van der Waals surface area contributed by atoms with Gasteiger partial charge in [0, 0.05) is 6.26 Å². The van der Waals surface area contributed by atoms with E-state index in [1.54, 1.807) is 24.3 Å². The molecule has 24 heavy (non-hydrogen) atoms. The summed E-state index contributed by atoms with van der Waals surface area (Å²) in [6.07, 6.45) is 0.989. The first kappa shape index (κ1) is 18.0. The molecule has 0 fully saturated rings. The number of amides is 1. The third-order valence-electron chi connectivity index (χ3n) is 2.99. The van der Waals surface area contributed by atoms with Crippen LogP contribution in [0.15, 0.2) is 53.4 Å². The van der Waals surface area contributed by atoms with Crippen molar-refractivity contribution in [3.8, 4) is 0 Å². The van der Waals surface area contributed by atoms with Crippen LogP contribution in [0, 0.1) is 0 Å². The van der Waals surface area contributed by atoms with Gasteiger partial charge in [-0.05, 0) is 24.3 Å². The van der Waals surface area contributed by atoms with Crippen LogP contribution >= 0.6 is 11.6 Å². The Bertz CT molecular complexity index is 880. The molecule has 0 spiro atoms. The van der Waals surface area contributed by atoms with Gasteiger partial charge in [0.15, 0.2) is 16.4 Å². The second-order valence-corrected chi connectivity index (χ2v) is 7.26. The van der Waals surface area contributed by atoms with Gasteiger partial charge in [-0.2, -0.15) is 0 Å². The largest absolute Gasteiger partial charge is 0.452 e. The van der Waals surface area contributed by atoms with Crippen LogP contribution in [-0.4, -0.2) is 33.2 Å². The van der Waals surface area contributed by atoms with E-state index in [1.807, 2.05) is 0 Å². The lowest BCUT2D eigenvalue weighted by Crippen LogP contribution is -2.22. The molecule has 0 unspecified atom stereocenters. The van der Waals surface area contributed by atoms with E-state index < -0.39 is 28.3 Å². The molecule has 2 aromatic rings. The highest BCUT2D eigenvalue weighted by atomic mass is 35.5. The second-order valence-electron chi connectivity index (χ2n) is 4.87. The zero-order chi connectivity index (χ0) is 17.7. The zero-order valence-corrected chi connectivity index (χ0v) is 14.2. The maximum atomic E-state index is 12.0.